The molecule has 0 saturated heterocycles. The quantitative estimate of drug-likeness (QED) is 0.390. The third-order valence-electron chi connectivity index (χ3n) is 4.57. The van der Waals surface area contributed by atoms with Crippen molar-refractivity contribution in [1.29, 1.82) is 0 Å². The summed E-state index contributed by atoms with van der Waals surface area (Å²) in [7, 11) is 1.86. The van der Waals surface area contributed by atoms with Crippen molar-refractivity contribution in [1.82, 2.24) is 19.7 Å². The van der Waals surface area contributed by atoms with Gasteiger partial charge in [-0.15, -0.1) is 10.2 Å². The smallest absolute Gasteiger partial charge is 0.355 e. The summed E-state index contributed by atoms with van der Waals surface area (Å²) in [5.74, 6) is 0.0633. The average Bonchev–Trinajstić information content (AvgIpc) is 3.27. The van der Waals surface area contributed by atoms with Gasteiger partial charge in [-0.2, -0.15) is 0 Å². The van der Waals surface area contributed by atoms with Gasteiger partial charge in [0.05, 0.1) is 18.8 Å². The Balaban J connectivity index is 1.87. The van der Waals surface area contributed by atoms with E-state index >= 15 is 0 Å². The van der Waals surface area contributed by atoms with Crippen LogP contribution in [0.2, 0.25) is 5.02 Å². The Morgan fingerprint density at radius 1 is 1.10 bits per heavy atom. The van der Waals surface area contributed by atoms with E-state index in [-0.39, 0.29) is 18.9 Å². The molecule has 0 unspecified atom stereocenters. The summed E-state index contributed by atoms with van der Waals surface area (Å²) >= 11 is 7.35. The number of hydrogen-bond donors (Lipinski definition) is 1. The van der Waals surface area contributed by atoms with Crippen LogP contribution >= 0.6 is 23.4 Å². The predicted octanol–water partition coefficient (Wildman–Crippen LogP) is 4.42. The molecule has 164 valence electrons. The summed E-state index contributed by atoms with van der Waals surface area (Å²) in [4.78, 5) is 27.8. The van der Waals surface area contributed by atoms with Crippen molar-refractivity contribution in [3.05, 3.63) is 51.8 Å². The van der Waals surface area contributed by atoms with E-state index in [2.05, 4.69) is 15.2 Å². The van der Waals surface area contributed by atoms with E-state index in [4.69, 9.17) is 21.1 Å². The maximum Gasteiger partial charge on any atom is 0.355 e. The van der Waals surface area contributed by atoms with Gasteiger partial charge >= 0.3 is 11.9 Å². The fraction of sp³-hybridized carbons (Fsp3) is 0.333. The Hall–Kier alpha value is -2.78. The lowest BCUT2D eigenvalue weighted by Gasteiger charge is -2.06. The van der Waals surface area contributed by atoms with Crippen molar-refractivity contribution in [2.75, 3.05) is 13.2 Å². The number of carbonyl (C=O) groups excluding carboxylic acids is 2. The van der Waals surface area contributed by atoms with Crippen molar-refractivity contribution in [3.8, 4) is 11.4 Å². The number of nitrogens with one attached hydrogen (secondary N) is 1. The molecule has 1 aromatic carbocycles. The van der Waals surface area contributed by atoms with Crippen LogP contribution in [0.1, 0.15) is 46.0 Å². The monoisotopic (exact) mass is 462 g/mol. The van der Waals surface area contributed by atoms with E-state index in [1.165, 1.54) is 11.8 Å². The number of H-pyrrole nitrogens is 1. The fourth-order valence-electron chi connectivity index (χ4n) is 3.08. The van der Waals surface area contributed by atoms with Crippen molar-refractivity contribution in [3.63, 3.8) is 0 Å². The number of halogens is 1. The summed E-state index contributed by atoms with van der Waals surface area (Å²) in [6.07, 6.45) is 0. The van der Waals surface area contributed by atoms with Crippen LogP contribution < -0.4 is 0 Å². The van der Waals surface area contributed by atoms with Crippen LogP contribution in [0.4, 0.5) is 0 Å². The third-order valence-corrected chi connectivity index (χ3v) is 5.87. The van der Waals surface area contributed by atoms with Gasteiger partial charge in [0.15, 0.2) is 11.0 Å². The highest BCUT2D eigenvalue weighted by atomic mass is 35.5. The van der Waals surface area contributed by atoms with E-state index in [1.54, 1.807) is 32.9 Å². The zero-order valence-electron chi connectivity index (χ0n) is 17.7. The summed E-state index contributed by atoms with van der Waals surface area (Å²) in [6.45, 7) is 5.63. The lowest BCUT2D eigenvalue weighted by Crippen LogP contribution is -2.09. The molecule has 0 aliphatic rings. The lowest BCUT2D eigenvalue weighted by atomic mass is 10.1. The Kier molecular flexibility index (Phi) is 7.40. The zero-order valence-corrected chi connectivity index (χ0v) is 19.3. The molecule has 0 aliphatic heterocycles. The first-order valence-electron chi connectivity index (χ1n) is 9.71. The first kappa shape index (κ1) is 22.9. The van der Waals surface area contributed by atoms with Gasteiger partial charge in [0.25, 0.3) is 0 Å². The minimum Gasteiger partial charge on any atom is -0.462 e. The molecular formula is C21H23ClN4O4S. The van der Waals surface area contributed by atoms with Gasteiger partial charge in [0.1, 0.15) is 5.69 Å². The average molecular weight is 463 g/mol. The molecule has 0 spiro atoms. The molecule has 0 amide bonds. The van der Waals surface area contributed by atoms with Crippen molar-refractivity contribution in [2.45, 2.75) is 31.7 Å². The summed E-state index contributed by atoms with van der Waals surface area (Å²) in [5.41, 5.74) is 2.56. The standard InChI is InChI=1S/C21H23ClN4O4S/c1-5-29-19(27)16-12(3)17(20(28)30-6-2)23-15(16)11-31-21-25-24-18(26(21)4)13-7-9-14(22)10-8-13/h7-10,23H,5-6,11H2,1-4H3. The molecule has 1 N–H and O–H groups in total. The molecule has 0 fully saturated rings. The SMILES string of the molecule is CCOC(=O)c1[nH]c(CSc2nnc(-c3ccc(Cl)cc3)n2C)c(C(=O)OCC)c1C. The highest BCUT2D eigenvalue weighted by molar-refractivity contribution is 7.98. The minimum atomic E-state index is -0.509. The minimum absolute atomic E-state index is 0.235. The first-order valence-corrected chi connectivity index (χ1v) is 11.1. The number of nitrogens with zero attached hydrogens (tertiary/aromatic N) is 3. The molecule has 2 heterocycles. The Labute approximate surface area is 189 Å². The summed E-state index contributed by atoms with van der Waals surface area (Å²) in [6, 6.07) is 7.34. The molecule has 0 aliphatic carbocycles. The van der Waals surface area contributed by atoms with Gasteiger partial charge in [-0.1, -0.05) is 23.4 Å². The van der Waals surface area contributed by atoms with Crippen LogP contribution in [0.25, 0.3) is 11.4 Å². The molecule has 0 atom stereocenters. The normalized spacial score (nSPS) is 10.9. The topological polar surface area (TPSA) is 99.1 Å². The van der Waals surface area contributed by atoms with Crippen molar-refractivity contribution >= 4 is 35.3 Å². The van der Waals surface area contributed by atoms with Gasteiger partial charge in [0, 0.05) is 29.1 Å². The molecule has 2 aromatic heterocycles. The number of aromatic nitrogens is 4. The maximum absolute atomic E-state index is 12.5. The second-order valence-electron chi connectivity index (χ2n) is 6.58. The van der Waals surface area contributed by atoms with Gasteiger partial charge < -0.3 is 19.0 Å². The molecule has 8 nitrogen and oxygen atoms in total. The van der Waals surface area contributed by atoms with E-state index in [0.29, 0.717) is 38.6 Å². The molecule has 0 saturated carbocycles. The number of thioether (sulfide) groups is 1. The fourth-order valence-corrected chi connectivity index (χ4v) is 4.08. The van der Waals surface area contributed by atoms with Gasteiger partial charge in [0.2, 0.25) is 0 Å². The van der Waals surface area contributed by atoms with Crippen LogP contribution in [0.3, 0.4) is 0 Å². The lowest BCUT2D eigenvalue weighted by molar-refractivity contribution is 0.0518. The molecule has 3 aromatic rings. The Morgan fingerprint density at radius 3 is 2.39 bits per heavy atom. The molecular weight excluding hydrogens is 440 g/mol. The second-order valence-corrected chi connectivity index (χ2v) is 7.96. The number of rotatable bonds is 8. The summed E-state index contributed by atoms with van der Waals surface area (Å²) < 4.78 is 12.1. The number of esters is 2. The molecule has 0 bridgehead atoms. The molecule has 31 heavy (non-hydrogen) atoms. The Bertz CT molecular complexity index is 1090. The molecule has 3 rings (SSSR count). The van der Waals surface area contributed by atoms with Crippen molar-refractivity contribution < 1.29 is 19.1 Å². The predicted molar refractivity (Wildman–Crippen MR) is 118 cm³/mol. The summed E-state index contributed by atoms with van der Waals surface area (Å²) in [5, 5.41) is 9.82. The van der Waals surface area contributed by atoms with E-state index in [1.807, 2.05) is 23.7 Å². The highest BCUT2D eigenvalue weighted by Gasteiger charge is 2.26. The molecule has 0 radical (unpaired) electrons. The molecule has 10 heteroatoms. The number of aromatic amines is 1. The van der Waals surface area contributed by atoms with E-state index in [0.717, 1.165) is 5.56 Å². The second kappa shape index (κ2) is 10.0. The zero-order chi connectivity index (χ0) is 22.5. The Morgan fingerprint density at radius 2 is 1.74 bits per heavy atom. The van der Waals surface area contributed by atoms with E-state index < -0.39 is 11.9 Å². The van der Waals surface area contributed by atoms with Crippen LogP contribution in [0.15, 0.2) is 29.4 Å². The van der Waals surface area contributed by atoms with Gasteiger partial charge in [-0.05, 0) is 50.6 Å². The van der Waals surface area contributed by atoms with Crippen LogP contribution in [-0.2, 0) is 22.3 Å². The van der Waals surface area contributed by atoms with Crippen LogP contribution in [-0.4, -0.2) is 44.9 Å². The van der Waals surface area contributed by atoms with Crippen LogP contribution in [0, 0.1) is 6.92 Å². The first-order chi connectivity index (χ1) is 14.9. The number of carbonyl (C=O) groups is 2. The number of benzene rings is 1. The highest BCUT2D eigenvalue weighted by Crippen LogP contribution is 2.29. The number of hydrogen-bond acceptors (Lipinski definition) is 7. The van der Waals surface area contributed by atoms with E-state index in [9.17, 15) is 9.59 Å². The van der Waals surface area contributed by atoms with Gasteiger partial charge in [-0.3, -0.25) is 0 Å². The van der Waals surface area contributed by atoms with Gasteiger partial charge in [-0.25, -0.2) is 9.59 Å². The van der Waals surface area contributed by atoms with Crippen molar-refractivity contribution in [2.24, 2.45) is 7.05 Å². The number of ether oxygens (including phenoxy) is 2. The largest absolute Gasteiger partial charge is 0.462 e. The van der Waals surface area contributed by atoms with Crippen LogP contribution in [0.5, 0.6) is 0 Å². The maximum atomic E-state index is 12.5. The third kappa shape index (κ3) is 4.94.